The first-order valence-electron chi connectivity index (χ1n) is 7.50. The molecule has 1 saturated heterocycles. The summed E-state index contributed by atoms with van der Waals surface area (Å²) in [5.74, 6) is 0. The molecule has 1 aromatic heterocycles. The quantitative estimate of drug-likeness (QED) is 0.870. The van der Waals surface area contributed by atoms with Gasteiger partial charge in [-0.15, -0.1) is 0 Å². The van der Waals surface area contributed by atoms with Crippen LogP contribution in [-0.4, -0.2) is 35.6 Å². The zero-order chi connectivity index (χ0) is 15.5. The van der Waals surface area contributed by atoms with E-state index < -0.39 is 0 Å². The third kappa shape index (κ3) is 3.51. The number of anilines is 1. The summed E-state index contributed by atoms with van der Waals surface area (Å²) in [6.45, 7) is 4.82. The highest BCUT2D eigenvalue weighted by Crippen LogP contribution is 2.19. The molecule has 2 heterocycles. The highest BCUT2D eigenvalue weighted by Gasteiger charge is 2.17. The lowest BCUT2D eigenvalue weighted by atomic mass is 10.2. The van der Waals surface area contributed by atoms with Crippen molar-refractivity contribution in [3.05, 3.63) is 63.5 Å². The first kappa shape index (κ1) is 15.1. The summed E-state index contributed by atoms with van der Waals surface area (Å²) in [5.41, 5.74) is 2.36. The average molecular weight is 318 g/mol. The molecule has 0 N–H and O–H groups in total. The molecule has 0 saturated carbocycles. The molecule has 1 fully saturated rings. The standard InChI is InChI=1S/C17H20ClN3O/c1-19-7-6-14(12-17(19)22)13-20-8-10-21(11-9-20)16-4-2-15(18)3-5-16/h2-7,12H,8-11,13H2,1H3. The third-order valence-electron chi connectivity index (χ3n) is 4.14. The van der Waals surface area contributed by atoms with Crippen LogP contribution in [0.4, 0.5) is 5.69 Å². The number of nitrogens with zero attached hydrogens (tertiary/aromatic N) is 3. The SMILES string of the molecule is Cn1ccc(CN2CCN(c3ccc(Cl)cc3)CC2)cc1=O. The molecule has 0 bridgehead atoms. The number of aromatic nitrogens is 1. The Morgan fingerprint density at radius 2 is 1.73 bits per heavy atom. The minimum absolute atomic E-state index is 0.0531. The Labute approximate surface area is 135 Å². The highest BCUT2D eigenvalue weighted by molar-refractivity contribution is 6.30. The van der Waals surface area contributed by atoms with Gasteiger partial charge in [-0.25, -0.2) is 0 Å². The molecule has 0 amide bonds. The van der Waals surface area contributed by atoms with Gasteiger partial charge in [0.15, 0.2) is 0 Å². The van der Waals surface area contributed by atoms with Gasteiger partial charge in [0.1, 0.15) is 0 Å². The number of benzene rings is 1. The van der Waals surface area contributed by atoms with Gasteiger partial charge in [0, 0.05) is 62.7 Å². The van der Waals surface area contributed by atoms with Gasteiger partial charge >= 0.3 is 0 Å². The first-order valence-corrected chi connectivity index (χ1v) is 7.88. The molecule has 0 aliphatic carbocycles. The molecule has 1 aliphatic rings. The number of hydrogen-bond acceptors (Lipinski definition) is 3. The number of rotatable bonds is 3. The van der Waals surface area contributed by atoms with Crippen molar-refractivity contribution >= 4 is 17.3 Å². The molecule has 1 aromatic carbocycles. The van der Waals surface area contributed by atoms with E-state index in [-0.39, 0.29) is 5.56 Å². The number of aryl methyl sites for hydroxylation is 1. The van der Waals surface area contributed by atoms with Crippen molar-refractivity contribution in [2.75, 3.05) is 31.1 Å². The van der Waals surface area contributed by atoms with Gasteiger partial charge in [-0.1, -0.05) is 11.6 Å². The lowest BCUT2D eigenvalue weighted by molar-refractivity contribution is 0.249. The molecule has 0 radical (unpaired) electrons. The van der Waals surface area contributed by atoms with Gasteiger partial charge < -0.3 is 9.47 Å². The largest absolute Gasteiger partial charge is 0.369 e. The summed E-state index contributed by atoms with van der Waals surface area (Å²) >= 11 is 5.93. The fourth-order valence-electron chi connectivity index (χ4n) is 2.76. The molecule has 0 atom stereocenters. The summed E-state index contributed by atoms with van der Waals surface area (Å²) in [7, 11) is 1.77. The van der Waals surface area contributed by atoms with Gasteiger partial charge in [0.2, 0.25) is 0 Å². The lowest BCUT2D eigenvalue weighted by Crippen LogP contribution is -2.46. The van der Waals surface area contributed by atoms with Crippen LogP contribution in [-0.2, 0) is 13.6 Å². The molecule has 0 unspecified atom stereocenters. The van der Waals surface area contributed by atoms with Crippen LogP contribution in [0, 0.1) is 0 Å². The molecule has 2 aromatic rings. The molecule has 0 spiro atoms. The summed E-state index contributed by atoms with van der Waals surface area (Å²) < 4.78 is 1.60. The lowest BCUT2D eigenvalue weighted by Gasteiger charge is -2.36. The summed E-state index contributed by atoms with van der Waals surface area (Å²) in [4.78, 5) is 16.4. The third-order valence-corrected chi connectivity index (χ3v) is 4.39. The van der Waals surface area contributed by atoms with Gasteiger partial charge in [-0.3, -0.25) is 9.69 Å². The maximum Gasteiger partial charge on any atom is 0.250 e. The van der Waals surface area contributed by atoms with E-state index in [1.54, 1.807) is 17.7 Å². The van der Waals surface area contributed by atoms with Crippen LogP contribution in [0.3, 0.4) is 0 Å². The van der Waals surface area contributed by atoms with E-state index in [4.69, 9.17) is 11.6 Å². The smallest absolute Gasteiger partial charge is 0.250 e. The molecule has 22 heavy (non-hydrogen) atoms. The van der Waals surface area contributed by atoms with Gasteiger partial charge in [-0.2, -0.15) is 0 Å². The summed E-state index contributed by atoms with van der Waals surface area (Å²) in [6.07, 6.45) is 1.83. The Morgan fingerprint density at radius 3 is 2.36 bits per heavy atom. The monoisotopic (exact) mass is 317 g/mol. The Kier molecular flexibility index (Phi) is 4.50. The zero-order valence-corrected chi connectivity index (χ0v) is 13.5. The van der Waals surface area contributed by atoms with E-state index in [1.807, 2.05) is 24.4 Å². The van der Waals surface area contributed by atoms with Crippen LogP contribution in [0.1, 0.15) is 5.56 Å². The average Bonchev–Trinajstić information content (AvgIpc) is 2.53. The van der Waals surface area contributed by atoms with Crippen molar-refractivity contribution < 1.29 is 0 Å². The van der Waals surface area contributed by atoms with Gasteiger partial charge in [0.25, 0.3) is 5.56 Å². The predicted molar refractivity (Wildman–Crippen MR) is 90.6 cm³/mol. The Balaban J connectivity index is 1.58. The van der Waals surface area contributed by atoms with E-state index in [0.29, 0.717) is 0 Å². The molecule has 116 valence electrons. The number of piperazine rings is 1. The fourth-order valence-corrected chi connectivity index (χ4v) is 2.89. The van der Waals surface area contributed by atoms with E-state index in [1.165, 1.54) is 5.69 Å². The predicted octanol–water partition coefficient (Wildman–Crippen LogP) is 2.36. The number of hydrogen-bond donors (Lipinski definition) is 0. The number of pyridine rings is 1. The van der Waals surface area contributed by atoms with E-state index in [0.717, 1.165) is 43.3 Å². The number of halogens is 1. The highest BCUT2D eigenvalue weighted by atomic mass is 35.5. The van der Waals surface area contributed by atoms with E-state index in [2.05, 4.69) is 21.9 Å². The van der Waals surface area contributed by atoms with Crippen LogP contribution in [0.5, 0.6) is 0 Å². The Hall–Kier alpha value is -1.78. The van der Waals surface area contributed by atoms with Crippen LogP contribution in [0.2, 0.25) is 5.02 Å². The van der Waals surface area contributed by atoms with E-state index >= 15 is 0 Å². The molecule has 1 aliphatic heterocycles. The summed E-state index contributed by atoms with van der Waals surface area (Å²) in [6, 6.07) is 11.8. The van der Waals surface area contributed by atoms with Crippen LogP contribution in [0.25, 0.3) is 0 Å². The molecular weight excluding hydrogens is 298 g/mol. The maximum absolute atomic E-state index is 11.7. The summed E-state index contributed by atoms with van der Waals surface area (Å²) in [5, 5.41) is 0.771. The second-order valence-electron chi connectivity index (χ2n) is 5.72. The van der Waals surface area contributed by atoms with Gasteiger partial charge in [0.05, 0.1) is 0 Å². The van der Waals surface area contributed by atoms with Crippen molar-refractivity contribution in [3.63, 3.8) is 0 Å². The van der Waals surface area contributed by atoms with Gasteiger partial charge in [-0.05, 0) is 35.9 Å². The fraction of sp³-hybridized carbons (Fsp3) is 0.353. The maximum atomic E-state index is 11.7. The Bertz CT molecular complexity index is 688. The molecule has 5 heteroatoms. The minimum Gasteiger partial charge on any atom is -0.369 e. The molecule has 3 rings (SSSR count). The molecule has 4 nitrogen and oxygen atoms in total. The second kappa shape index (κ2) is 6.55. The van der Waals surface area contributed by atoms with Crippen LogP contribution in [0.15, 0.2) is 47.4 Å². The zero-order valence-electron chi connectivity index (χ0n) is 12.7. The topological polar surface area (TPSA) is 28.5 Å². The van der Waals surface area contributed by atoms with Crippen molar-refractivity contribution in [1.82, 2.24) is 9.47 Å². The van der Waals surface area contributed by atoms with Crippen molar-refractivity contribution in [2.45, 2.75) is 6.54 Å². The van der Waals surface area contributed by atoms with Crippen molar-refractivity contribution in [2.24, 2.45) is 7.05 Å². The Morgan fingerprint density at radius 1 is 1.05 bits per heavy atom. The minimum atomic E-state index is 0.0531. The molecular formula is C17H20ClN3O. The van der Waals surface area contributed by atoms with Crippen LogP contribution < -0.4 is 10.5 Å². The van der Waals surface area contributed by atoms with Crippen LogP contribution >= 0.6 is 11.6 Å². The van der Waals surface area contributed by atoms with Crippen molar-refractivity contribution in [1.29, 1.82) is 0 Å². The second-order valence-corrected chi connectivity index (χ2v) is 6.16. The normalized spacial score (nSPS) is 16.0. The first-order chi connectivity index (χ1) is 10.6. The van der Waals surface area contributed by atoms with E-state index in [9.17, 15) is 4.79 Å². The van der Waals surface area contributed by atoms with Crippen molar-refractivity contribution in [3.8, 4) is 0 Å².